The molecule has 0 aliphatic carbocycles. The molecule has 0 aliphatic heterocycles. The predicted molar refractivity (Wildman–Crippen MR) is 62.6 cm³/mol. The van der Waals surface area contributed by atoms with Crippen LogP contribution in [-0.2, 0) is 0 Å². The lowest BCUT2D eigenvalue weighted by Gasteiger charge is -1.95. The molecule has 2 rings (SSSR count). The summed E-state index contributed by atoms with van der Waals surface area (Å²) >= 11 is 0. The Kier molecular flexibility index (Phi) is 3.77. The number of nitrogens with one attached hydrogen (secondary N) is 1. The number of fused-ring (bicyclic) bond motifs is 1. The van der Waals surface area contributed by atoms with E-state index in [0.29, 0.717) is 10.9 Å². The van der Waals surface area contributed by atoms with Crippen LogP contribution >= 0.6 is 0 Å². The Morgan fingerprint density at radius 2 is 1.88 bits per heavy atom. The number of pyridine rings is 1. The monoisotopic (exact) mass is 220 g/mol. The van der Waals surface area contributed by atoms with Gasteiger partial charge in [-0.2, -0.15) is 0 Å². The number of nitrogens with zero attached hydrogens (tertiary/aromatic N) is 1. The van der Waals surface area contributed by atoms with E-state index in [9.17, 15) is 14.9 Å². The highest BCUT2D eigenvalue weighted by atomic mass is 16.6. The van der Waals surface area contributed by atoms with E-state index >= 15 is 0 Å². The molecule has 84 valence electrons. The van der Waals surface area contributed by atoms with Gasteiger partial charge in [-0.3, -0.25) is 14.9 Å². The highest BCUT2D eigenvalue weighted by Gasteiger charge is 2.13. The topological polar surface area (TPSA) is 76.0 Å². The minimum atomic E-state index is -0.689. The van der Waals surface area contributed by atoms with Crippen LogP contribution in [0.15, 0.2) is 35.3 Å². The van der Waals surface area contributed by atoms with Gasteiger partial charge in [0.2, 0.25) is 0 Å². The number of hydrogen-bond donors (Lipinski definition) is 1. The van der Waals surface area contributed by atoms with E-state index < -0.39 is 16.0 Å². The van der Waals surface area contributed by atoms with Crippen LogP contribution in [0.5, 0.6) is 0 Å². The van der Waals surface area contributed by atoms with E-state index in [1.165, 1.54) is 0 Å². The SMILES string of the molecule is CC.O=c1c([N+](=O)[O-])c[nH]c2ccccc12. The van der Waals surface area contributed by atoms with Gasteiger partial charge in [-0.05, 0) is 12.1 Å². The summed E-state index contributed by atoms with van der Waals surface area (Å²) in [6.07, 6.45) is 1.12. The molecule has 1 N–H and O–H groups in total. The molecule has 0 saturated heterocycles. The number of nitro groups is 1. The zero-order valence-electron chi connectivity index (χ0n) is 9.06. The second kappa shape index (κ2) is 5.06. The van der Waals surface area contributed by atoms with Crippen LogP contribution in [0.1, 0.15) is 13.8 Å². The molecule has 0 amide bonds. The fourth-order valence-electron chi connectivity index (χ4n) is 1.29. The van der Waals surface area contributed by atoms with E-state index in [1.54, 1.807) is 24.3 Å². The molecule has 5 nitrogen and oxygen atoms in total. The Bertz CT molecular complexity index is 560. The summed E-state index contributed by atoms with van der Waals surface area (Å²) < 4.78 is 0. The van der Waals surface area contributed by atoms with Crippen molar-refractivity contribution >= 4 is 16.6 Å². The van der Waals surface area contributed by atoms with E-state index in [0.717, 1.165) is 6.20 Å². The number of aromatic nitrogens is 1. The van der Waals surface area contributed by atoms with Crippen molar-refractivity contribution in [2.24, 2.45) is 0 Å². The van der Waals surface area contributed by atoms with Crippen LogP contribution in [0.4, 0.5) is 5.69 Å². The minimum absolute atomic E-state index is 0.335. The summed E-state index contributed by atoms with van der Waals surface area (Å²) in [5.41, 5.74) is -0.379. The summed E-state index contributed by atoms with van der Waals surface area (Å²) in [4.78, 5) is 24.0. The van der Waals surface area contributed by atoms with Crippen molar-refractivity contribution in [1.29, 1.82) is 0 Å². The molecule has 16 heavy (non-hydrogen) atoms. The van der Waals surface area contributed by atoms with Gasteiger partial charge in [0.05, 0.1) is 16.5 Å². The number of hydrogen-bond acceptors (Lipinski definition) is 3. The average molecular weight is 220 g/mol. The van der Waals surface area contributed by atoms with Crippen LogP contribution in [0, 0.1) is 10.1 Å². The quantitative estimate of drug-likeness (QED) is 0.592. The van der Waals surface area contributed by atoms with Gasteiger partial charge in [-0.15, -0.1) is 0 Å². The Labute approximate surface area is 91.9 Å². The van der Waals surface area contributed by atoms with Crippen LogP contribution in [0.2, 0.25) is 0 Å². The third-order valence-electron chi connectivity index (χ3n) is 1.97. The molecule has 0 saturated carbocycles. The van der Waals surface area contributed by atoms with Crippen molar-refractivity contribution in [3.8, 4) is 0 Å². The van der Waals surface area contributed by atoms with E-state index in [2.05, 4.69) is 4.98 Å². The second-order valence-corrected chi connectivity index (χ2v) is 2.81. The van der Waals surface area contributed by atoms with Crippen LogP contribution < -0.4 is 5.43 Å². The maximum absolute atomic E-state index is 11.5. The predicted octanol–water partition coefficient (Wildman–Crippen LogP) is 2.46. The summed E-state index contributed by atoms with van der Waals surface area (Å²) in [5.74, 6) is 0. The smallest absolute Gasteiger partial charge is 0.332 e. The number of H-pyrrole nitrogens is 1. The fraction of sp³-hybridized carbons (Fsp3) is 0.182. The van der Waals surface area contributed by atoms with Crippen LogP contribution in [0.25, 0.3) is 10.9 Å². The molecular weight excluding hydrogens is 208 g/mol. The van der Waals surface area contributed by atoms with Crippen LogP contribution in [-0.4, -0.2) is 9.91 Å². The van der Waals surface area contributed by atoms with Crippen molar-refractivity contribution < 1.29 is 4.92 Å². The van der Waals surface area contributed by atoms with Crippen molar-refractivity contribution in [3.05, 3.63) is 50.8 Å². The average Bonchev–Trinajstić information content (AvgIpc) is 2.32. The largest absolute Gasteiger partial charge is 0.355 e. The first-order valence-electron chi connectivity index (χ1n) is 4.95. The Morgan fingerprint density at radius 1 is 1.25 bits per heavy atom. The van der Waals surface area contributed by atoms with Gasteiger partial charge in [0.1, 0.15) is 0 Å². The third-order valence-corrected chi connectivity index (χ3v) is 1.97. The molecule has 2 aromatic rings. The lowest BCUT2D eigenvalue weighted by atomic mass is 10.2. The lowest BCUT2D eigenvalue weighted by molar-refractivity contribution is -0.386. The van der Waals surface area contributed by atoms with Gasteiger partial charge < -0.3 is 4.98 Å². The van der Waals surface area contributed by atoms with Crippen molar-refractivity contribution in [2.75, 3.05) is 0 Å². The van der Waals surface area contributed by atoms with E-state index in [1.807, 2.05) is 13.8 Å². The molecule has 1 heterocycles. The third kappa shape index (κ3) is 2.08. The van der Waals surface area contributed by atoms with Crippen molar-refractivity contribution in [3.63, 3.8) is 0 Å². The maximum atomic E-state index is 11.5. The zero-order chi connectivity index (χ0) is 12.1. The summed E-state index contributed by atoms with van der Waals surface area (Å²) in [6.45, 7) is 4.00. The maximum Gasteiger partial charge on any atom is 0.332 e. The molecule has 5 heteroatoms. The van der Waals surface area contributed by atoms with E-state index in [4.69, 9.17) is 0 Å². The lowest BCUT2D eigenvalue weighted by Crippen LogP contribution is -2.08. The Hall–Kier alpha value is -2.17. The molecule has 1 aromatic carbocycles. The standard InChI is InChI=1S/C9H6N2O3.C2H6/c12-9-6-3-1-2-4-7(6)10-5-8(9)11(13)14;1-2/h1-5H,(H,10,12);1-2H3. The number of benzene rings is 1. The second-order valence-electron chi connectivity index (χ2n) is 2.81. The van der Waals surface area contributed by atoms with Gasteiger partial charge in [-0.25, -0.2) is 0 Å². The molecule has 0 bridgehead atoms. The fourth-order valence-corrected chi connectivity index (χ4v) is 1.29. The van der Waals surface area contributed by atoms with E-state index in [-0.39, 0.29) is 0 Å². The Morgan fingerprint density at radius 3 is 2.50 bits per heavy atom. The number of para-hydroxylation sites is 1. The molecule has 0 spiro atoms. The number of rotatable bonds is 1. The summed E-state index contributed by atoms with van der Waals surface area (Å²) in [5, 5.41) is 10.8. The van der Waals surface area contributed by atoms with Gasteiger partial charge in [0, 0.05) is 5.52 Å². The Balaban J connectivity index is 0.000000606. The first kappa shape index (κ1) is 11.9. The summed E-state index contributed by atoms with van der Waals surface area (Å²) in [7, 11) is 0. The molecule has 0 aliphatic rings. The molecule has 0 atom stereocenters. The first-order chi connectivity index (χ1) is 7.70. The van der Waals surface area contributed by atoms with Gasteiger partial charge in [-0.1, -0.05) is 26.0 Å². The molecule has 1 aromatic heterocycles. The molecular formula is C11H12N2O3. The molecule has 0 fully saturated rings. The minimum Gasteiger partial charge on any atom is -0.355 e. The highest BCUT2D eigenvalue weighted by Crippen LogP contribution is 2.10. The zero-order valence-corrected chi connectivity index (χ0v) is 9.06. The normalized spacial score (nSPS) is 9.38. The number of aromatic amines is 1. The molecule has 0 radical (unpaired) electrons. The molecule has 0 unspecified atom stereocenters. The van der Waals surface area contributed by atoms with Crippen LogP contribution in [0.3, 0.4) is 0 Å². The summed E-state index contributed by atoms with van der Waals surface area (Å²) in [6, 6.07) is 6.67. The van der Waals surface area contributed by atoms with Gasteiger partial charge in [0.25, 0.3) is 5.43 Å². The van der Waals surface area contributed by atoms with Crippen molar-refractivity contribution in [1.82, 2.24) is 4.98 Å². The first-order valence-corrected chi connectivity index (χ1v) is 4.95. The highest BCUT2D eigenvalue weighted by molar-refractivity contribution is 5.79. The van der Waals surface area contributed by atoms with Gasteiger partial charge >= 0.3 is 5.69 Å². The van der Waals surface area contributed by atoms with Gasteiger partial charge in [0.15, 0.2) is 0 Å². The van der Waals surface area contributed by atoms with Crippen molar-refractivity contribution in [2.45, 2.75) is 13.8 Å².